The summed E-state index contributed by atoms with van der Waals surface area (Å²) in [5.74, 6) is -5.42. The predicted octanol–water partition coefficient (Wildman–Crippen LogP) is 0.363. The molecule has 0 amide bonds. The van der Waals surface area contributed by atoms with Crippen LogP contribution < -0.4 is 25.7 Å². The van der Waals surface area contributed by atoms with Crippen molar-refractivity contribution in [1.29, 1.82) is 0 Å². The van der Waals surface area contributed by atoms with Gasteiger partial charge in [0.15, 0.2) is 0 Å². The summed E-state index contributed by atoms with van der Waals surface area (Å²) in [6, 6.07) is 31.5. The molecule has 0 bridgehead atoms. The minimum atomic E-state index is -1.45. The average Bonchev–Trinajstić information content (AvgIpc) is 3.20. The van der Waals surface area contributed by atoms with Crippen molar-refractivity contribution in [3.8, 4) is 45.0 Å². The molecule has 0 aliphatic rings. The smallest absolute Gasteiger partial charge is 0.549 e. The molecule has 0 saturated carbocycles. The molecule has 4 heterocycles. The van der Waals surface area contributed by atoms with E-state index < -0.39 is 50.1 Å². The number of aromatic nitrogens is 6. The van der Waals surface area contributed by atoms with Crippen LogP contribution in [-0.4, -0.2) is 96.8 Å². The maximum atomic E-state index is 11.2. The minimum absolute atomic E-state index is 0. The number of benzene rings is 2. The number of carboxylic acid groups (broad SMARTS) is 4. The summed E-state index contributed by atoms with van der Waals surface area (Å²) in [4.78, 5) is 72.3. The number of carbonyl (C=O) groups excluding carboxylic acids is 4. The topological polar surface area (TPSA) is 256 Å². The largest absolute Gasteiger partial charge is 3.00 e. The molecule has 0 aliphatic carbocycles. The van der Waals surface area contributed by atoms with E-state index in [0.717, 1.165) is 32.1 Å². The second-order valence-corrected chi connectivity index (χ2v) is 13.5. The third-order valence-electron chi connectivity index (χ3n) is 8.28. The van der Waals surface area contributed by atoms with Crippen LogP contribution in [0.1, 0.15) is 11.4 Å². The minimum Gasteiger partial charge on any atom is -0.549 e. The fourth-order valence-corrected chi connectivity index (χ4v) is 6.19. The number of nitrogens with zero attached hydrogens (tertiary/aromatic N) is 8. The quantitative estimate of drug-likeness (QED) is 0.129. The number of nitrogens with one attached hydrogen (secondary N) is 1. The predicted molar refractivity (Wildman–Crippen MR) is 212 cm³/mol. The fraction of sp³-hybridized carbons (Fsp3) is 0.171. The summed E-state index contributed by atoms with van der Waals surface area (Å²) in [6.07, 6.45) is 0. The molecule has 0 unspecified atom stereocenters. The molecule has 312 valence electrons. The number of carboxylic acids is 4. The Labute approximate surface area is 400 Å². The van der Waals surface area contributed by atoms with Gasteiger partial charge in [0.1, 0.15) is 0 Å². The summed E-state index contributed by atoms with van der Waals surface area (Å²) in [5, 5.41) is 47.8. The first kappa shape index (κ1) is 48.3. The Bertz CT molecular complexity index is 2320. The fourth-order valence-electron chi connectivity index (χ4n) is 5.83. The van der Waals surface area contributed by atoms with E-state index >= 15 is 0 Å². The van der Waals surface area contributed by atoms with Gasteiger partial charge in [0.25, 0.3) is 0 Å². The molecule has 1 N–H and O–H groups in total. The van der Waals surface area contributed by atoms with Crippen molar-refractivity contribution in [2.24, 2.45) is 0 Å². The van der Waals surface area contributed by atoms with Gasteiger partial charge >= 0.3 is 49.4 Å². The number of halogens is 2. The summed E-state index contributed by atoms with van der Waals surface area (Å²) < 4.78 is 0. The van der Waals surface area contributed by atoms with E-state index in [1.54, 1.807) is 43.4 Å². The molecule has 0 radical (unpaired) electrons. The van der Waals surface area contributed by atoms with Gasteiger partial charge in [-0.2, -0.15) is 15.0 Å². The van der Waals surface area contributed by atoms with Crippen LogP contribution in [0.3, 0.4) is 0 Å². The number of hydrogen-bond acceptors (Lipinski definition) is 17. The van der Waals surface area contributed by atoms with E-state index in [1.165, 1.54) is 0 Å². The Hall–Kier alpha value is -5.34. The molecule has 61 heavy (non-hydrogen) atoms. The van der Waals surface area contributed by atoms with Gasteiger partial charge in [-0.25, -0.2) is 15.0 Å². The summed E-state index contributed by atoms with van der Waals surface area (Å²) in [7, 11) is 1.67. The van der Waals surface area contributed by atoms with E-state index in [0.29, 0.717) is 40.1 Å². The molecule has 4 aromatic heterocycles. The van der Waals surface area contributed by atoms with Crippen LogP contribution in [0, 0.1) is 49.4 Å². The molecule has 20 heteroatoms. The van der Waals surface area contributed by atoms with Gasteiger partial charge < -0.3 is 44.9 Å². The number of hydrogen-bond donors (Lipinski definition) is 1. The average molecular weight is 1000 g/mol. The Balaban J connectivity index is 0.000000653. The van der Waals surface area contributed by atoms with E-state index in [9.17, 15) is 39.6 Å². The first-order valence-electron chi connectivity index (χ1n) is 17.8. The number of aliphatic carboxylic acids is 4. The molecular formula is C41H33Cl2EuN9O8-. The van der Waals surface area contributed by atoms with Crippen molar-refractivity contribution in [2.75, 3.05) is 38.5 Å². The maximum Gasteiger partial charge on any atom is 3.00 e. The molecule has 0 fully saturated rings. The summed E-state index contributed by atoms with van der Waals surface area (Å²) >= 11 is 10.9. The molecule has 0 atom stereocenters. The number of rotatable bonds is 17. The van der Waals surface area contributed by atoms with Crippen molar-refractivity contribution >= 4 is 53.0 Å². The van der Waals surface area contributed by atoms with Crippen LogP contribution in [0.5, 0.6) is 0 Å². The standard InChI is InChI=1S/C37H33N5O8.C4H4Cl2N4.Eu/c43-34(44)20-41(21-35(45)46)18-28-8-4-10-30(38-28)32-16-27(26-14-12-25(13-15-26)24-6-2-1-3-7-24)17-33(40-32)31-11-5-9-29(39-31)19-42(22-36(47)48)23-37(49)50;1-7-4-9-2(5)8-3(6)10-4;/h1-17H,18-23H2,(H,43,44)(H,45,46)(H,47,48)(H,49,50);1H3,(H,7,8,9,10);/q;;+3/p-4. The Morgan fingerprint density at radius 3 is 1.28 bits per heavy atom. The van der Waals surface area contributed by atoms with E-state index in [-0.39, 0.29) is 73.0 Å². The third-order valence-corrected chi connectivity index (χ3v) is 8.61. The Morgan fingerprint density at radius 2 is 0.885 bits per heavy atom. The van der Waals surface area contributed by atoms with Gasteiger partial charge in [0.05, 0.1) is 58.0 Å². The van der Waals surface area contributed by atoms with Crippen LogP contribution in [0.15, 0.2) is 103 Å². The van der Waals surface area contributed by atoms with Crippen molar-refractivity contribution in [3.63, 3.8) is 0 Å². The maximum absolute atomic E-state index is 11.2. The van der Waals surface area contributed by atoms with E-state index in [4.69, 9.17) is 28.2 Å². The second-order valence-electron chi connectivity index (χ2n) is 12.8. The van der Waals surface area contributed by atoms with E-state index in [2.05, 4.69) is 30.2 Å². The molecular weight excluding hydrogens is 969 g/mol. The van der Waals surface area contributed by atoms with Crippen LogP contribution >= 0.6 is 23.2 Å². The van der Waals surface area contributed by atoms with Crippen molar-refractivity contribution in [1.82, 2.24) is 39.7 Å². The van der Waals surface area contributed by atoms with Crippen molar-refractivity contribution < 1.29 is 89.0 Å². The molecule has 0 spiro atoms. The molecule has 0 aliphatic heterocycles. The molecule has 17 nitrogen and oxygen atoms in total. The van der Waals surface area contributed by atoms with Gasteiger partial charge in [0.2, 0.25) is 16.5 Å². The second kappa shape index (κ2) is 23.6. The zero-order valence-electron chi connectivity index (χ0n) is 32.0. The van der Waals surface area contributed by atoms with Gasteiger partial charge in [-0.3, -0.25) is 9.80 Å². The first-order chi connectivity index (χ1) is 28.7. The van der Waals surface area contributed by atoms with E-state index in [1.807, 2.05) is 66.7 Å². The van der Waals surface area contributed by atoms with Gasteiger partial charge in [-0.1, -0.05) is 66.7 Å². The summed E-state index contributed by atoms with van der Waals surface area (Å²) in [6.45, 7) is -2.77. The van der Waals surface area contributed by atoms with Crippen molar-refractivity contribution in [2.45, 2.75) is 13.1 Å². The van der Waals surface area contributed by atoms with Gasteiger partial charge in [-0.15, -0.1) is 0 Å². The number of pyridine rings is 3. The number of carbonyl (C=O) groups is 4. The first-order valence-corrected chi connectivity index (χ1v) is 18.6. The zero-order chi connectivity index (χ0) is 43.2. The normalized spacial score (nSPS) is 10.6. The Kier molecular flexibility index (Phi) is 18.7. The van der Waals surface area contributed by atoms with Crippen LogP contribution in [0.25, 0.3) is 45.0 Å². The van der Waals surface area contributed by atoms with Crippen molar-refractivity contribution in [3.05, 3.63) is 125 Å². The van der Waals surface area contributed by atoms with Crippen LogP contribution in [0.4, 0.5) is 5.95 Å². The third kappa shape index (κ3) is 15.6. The van der Waals surface area contributed by atoms with Gasteiger partial charge in [-0.05, 0) is 81.9 Å². The monoisotopic (exact) mass is 1000 g/mol. The molecule has 0 saturated heterocycles. The Morgan fingerprint density at radius 1 is 0.492 bits per heavy atom. The van der Waals surface area contributed by atoms with Crippen LogP contribution in [0.2, 0.25) is 10.6 Å². The van der Waals surface area contributed by atoms with Gasteiger partial charge in [0, 0.05) is 46.3 Å². The zero-order valence-corrected chi connectivity index (χ0v) is 36.0. The number of anilines is 1. The summed E-state index contributed by atoms with van der Waals surface area (Å²) in [5.41, 5.74) is 6.13. The SMILES string of the molecule is CNc1nc(Cl)nc(Cl)n1.O=C([O-])CN(CC(=O)[O-])Cc1cccc(-c2cc(-c3ccc(-c4ccccc4)cc3)cc(-c3cccc(CN(CC(=O)[O-])CC(=O)[O-])n3)n2)n1.[Eu+3]. The molecule has 2 aromatic carbocycles. The molecule has 6 aromatic rings. The molecule has 6 rings (SSSR count). The van der Waals surface area contributed by atoms with Crippen LogP contribution in [-0.2, 0) is 32.3 Å².